The third-order valence-electron chi connectivity index (χ3n) is 1.33. The van der Waals surface area contributed by atoms with Gasteiger partial charge >= 0.3 is 0 Å². The fourth-order valence-corrected chi connectivity index (χ4v) is 1.93. The van der Waals surface area contributed by atoms with Gasteiger partial charge in [-0.15, -0.1) is 0 Å². The molecule has 1 aromatic rings. The number of aromatic nitrogens is 1. The van der Waals surface area contributed by atoms with Crippen molar-refractivity contribution in [3.8, 4) is 5.75 Å². The molecular formula is C8H9BrINO2. The predicted octanol–water partition coefficient (Wildman–Crippen LogP) is 2.47. The summed E-state index contributed by atoms with van der Waals surface area (Å²) in [5, 5.41) is 0. The molecule has 0 N–H and O–H groups in total. The molecule has 0 fully saturated rings. The van der Waals surface area contributed by atoms with Crippen LogP contribution in [0.1, 0.15) is 0 Å². The first kappa shape index (κ1) is 11.2. The second kappa shape index (κ2) is 5.77. The van der Waals surface area contributed by atoms with E-state index >= 15 is 0 Å². The number of hydrogen-bond acceptors (Lipinski definition) is 3. The van der Waals surface area contributed by atoms with Gasteiger partial charge in [0.2, 0.25) is 0 Å². The Balaban J connectivity index is 2.56. The highest BCUT2D eigenvalue weighted by Gasteiger charge is 2.01. The second-order valence-electron chi connectivity index (χ2n) is 2.26. The monoisotopic (exact) mass is 357 g/mol. The lowest BCUT2D eigenvalue weighted by molar-refractivity contribution is 0.145. The Morgan fingerprint density at radius 2 is 2.23 bits per heavy atom. The minimum atomic E-state index is 0.539. The first-order chi connectivity index (χ1) is 6.24. The topological polar surface area (TPSA) is 31.4 Å². The SMILES string of the molecule is COCCOc1ccc(I)nc1Br. The van der Waals surface area contributed by atoms with Crippen LogP contribution in [0.4, 0.5) is 0 Å². The maximum atomic E-state index is 5.39. The molecule has 0 saturated carbocycles. The van der Waals surface area contributed by atoms with Crippen LogP contribution in [0.2, 0.25) is 0 Å². The zero-order valence-corrected chi connectivity index (χ0v) is 10.8. The summed E-state index contributed by atoms with van der Waals surface area (Å²) in [5.41, 5.74) is 0. The van der Waals surface area contributed by atoms with Gasteiger partial charge in [0.1, 0.15) is 14.9 Å². The van der Waals surface area contributed by atoms with E-state index in [1.165, 1.54) is 0 Å². The molecular weight excluding hydrogens is 349 g/mol. The van der Waals surface area contributed by atoms with E-state index in [4.69, 9.17) is 9.47 Å². The van der Waals surface area contributed by atoms with Gasteiger partial charge in [0.05, 0.1) is 6.61 Å². The van der Waals surface area contributed by atoms with E-state index in [2.05, 4.69) is 43.5 Å². The van der Waals surface area contributed by atoms with Gasteiger partial charge in [0.15, 0.2) is 5.75 Å². The van der Waals surface area contributed by atoms with Crippen LogP contribution in [0.5, 0.6) is 5.75 Å². The molecule has 0 aliphatic carbocycles. The Hall–Kier alpha value is 0.120. The number of methoxy groups -OCH3 is 1. The van der Waals surface area contributed by atoms with Gasteiger partial charge in [0.25, 0.3) is 0 Å². The third-order valence-corrected chi connectivity index (χ3v) is 2.49. The summed E-state index contributed by atoms with van der Waals surface area (Å²) in [4.78, 5) is 4.19. The zero-order chi connectivity index (χ0) is 9.68. The summed E-state index contributed by atoms with van der Waals surface area (Å²) in [6.07, 6.45) is 0. The molecule has 0 saturated heterocycles. The summed E-state index contributed by atoms with van der Waals surface area (Å²) in [7, 11) is 1.64. The van der Waals surface area contributed by atoms with Crippen molar-refractivity contribution in [3.63, 3.8) is 0 Å². The predicted molar refractivity (Wildman–Crippen MR) is 62.0 cm³/mol. The van der Waals surface area contributed by atoms with Crippen LogP contribution in [0, 0.1) is 3.70 Å². The standard InChI is InChI=1S/C8H9BrINO2/c1-12-4-5-13-6-2-3-7(10)11-8(6)9/h2-3H,4-5H2,1H3. The molecule has 0 atom stereocenters. The van der Waals surface area contributed by atoms with Gasteiger partial charge in [-0.2, -0.15) is 0 Å². The first-order valence-corrected chi connectivity index (χ1v) is 5.55. The molecule has 0 amide bonds. The molecule has 0 spiro atoms. The smallest absolute Gasteiger partial charge is 0.152 e. The van der Waals surface area contributed by atoms with Crippen molar-refractivity contribution < 1.29 is 9.47 Å². The molecule has 1 heterocycles. The van der Waals surface area contributed by atoms with E-state index in [0.717, 1.165) is 14.1 Å². The van der Waals surface area contributed by atoms with Crippen molar-refractivity contribution in [2.75, 3.05) is 20.3 Å². The Labute approximate surface area is 99.1 Å². The summed E-state index contributed by atoms with van der Waals surface area (Å²) < 4.78 is 11.9. The molecule has 0 bridgehead atoms. The summed E-state index contributed by atoms with van der Waals surface area (Å²) >= 11 is 5.46. The largest absolute Gasteiger partial charge is 0.488 e. The Morgan fingerprint density at radius 3 is 2.85 bits per heavy atom. The lowest BCUT2D eigenvalue weighted by Gasteiger charge is -2.06. The quantitative estimate of drug-likeness (QED) is 0.471. The summed E-state index contributed by atoms with van der Waals surface area (Å²) in [5.74, 6) is 0.748. The summed E-state index contributed by atoms with van der Waals surface area (Å²) in [6, 6.07) is 3.78. The Kier molecular flexibility index (Phi) is 4.97. The number of nitrogens with zero attached hydrogens (tertiary/aromatic N) is 1. The van der Waals surface area contributed by atoms with Crippen LogP contribution in [-0.4, -0.2) is 25.3 Å². The molecule has 1 rings (SSSR count). The maximum Gasteiger partial charge on any atom is 0.152 e. The average molecular weight is 358 g/mol. The summed E-state index contributed by atoms with van der Waals surface area (Å²) in [6.45, 7) is 1.12. The molecule has 5 heteroatoms. The van der Waals surface area contributed by atoms with Crippen molar-refractivity contribution >= 4 is 38.5 Å². The number of ether oxygens (including phenoxy) is 2. The normalized spacial score (nSPS) is 10.1. The number of halogens is 2. The fraction of sp³-hybridized carbons (Fsp3) is 0.375. The van der Waals surface area contributed by atoms with E-state index in [1.54, 1.807) is 7.11 Å². The van der Waals surface area contributed by atoms with E-state index < -0.39 is 0 Å². The highest BCUT2D eigenvalue weighted by molar-refractivity contribution is 14.1. The lowest BCUT2D eigenvalue weighted by atomic mass is 10.5. The number of pyridine rings is 1. The Morgan fingerprint density at radius 1 is 1.46 bits per heavy atom. The van der Waals surface area contributed by atoms with Crippen molar-refractivity contribution in [1.82, 2.24) is 4.98 Å². The van der Waals surface area contributed by atoms with Crippen LogP contribution in [0.25, 0.3) is 0 Å². The average Bonchev–Trinajstić information content (AvgIpc) is 2.09. The minimum absolute atomic E-state index is 0.539. The van der Waals surface area contributed by atoms with Crippen LogP contribution in [-0.2, 0) is 4.74 Å². The highest BCUT2D eigenvalue weighted by atomic mass is 127. The van der Waals surface area contributed by atoms with Gasteiger partial charge in [0, 0.05) is 7.11 Å². The van der Waals surface area contributed by atoms with Gasteiger partial charge in [-0.05, 0) is 50.7 Å². The van der Waals surface area contributed by atoms with Crippen LogP contribution >= 0.6 is 38.5 Å². The molecule has 72 valence electrons. The molecule has 1 aromatic heterocycles. The van der Waals surface area contributed by atoms with E-state index in [1.807, 2.05) is 12.1 Å². The van der Waals surface area contributed by atoms with Gasteiger partial charge in [-0.1, -0.05) is 0 Å². The lowest BCUT2D eigenvalue weighted by Crippen LogP contribution is -2.05. The van der Waals surface area contributed by atoms with Crippen LogP contribution < -0.4 is 4.74 Å². The third kappa shape index (κ3) is 3.78. The minimum Gasteiger partial charge on any atom is -0.488 e. The first-order valence-electron chi connectivity index (χ1n) is 3.68. The van der Waals surface area contributed by atoms with Crippen molar-refractivity contribution in [3.05, 3.63) is 20.4 Å². The van der Waals surface area contributed by atoms with Crippen LogP contribution in [0.3, 0.4) is 0 Å². The zero-order valence-electron chi connectivity index (χ0n) is 7.09. The molecule has 0 aromatic carbocycles. The molecule has 0 unspecified atom stereocenters. The van der Waals surface area contributed by atoms with Gasteiger partial charge in [-0.25, -0.2) is 4.98 Å². The fourth-order valence-electron chi connectivity index (χ4n) is 0.742. The second-order valence-corrected chi connectivity index (χ2v) is 4.12. The molecule has 0 radical (unpaired) electrons. The number of rotatable bonds is 4. The maximum absolute atomic E-state index is 5.39. The Bertz CT molecular complexity index is 283. The van der Waals surface area contributed by atoms with Crippen molar-refractivity contribution in [1.29, 1.82) is 0 Å². The van der Waals surface area contributed by atoms with E-state index in [9.17, 15) is 0 Å². The molecule has 13 heavy (non-hydrogen) atoms. The molecule has 0 aliphatic heterocycles. The van der Waals surface area contributed by atoms with E-state index in [0.29, 0.717) is 13.2 Å². The van der Waals surface area contributed by atoms with Gasteiger partial charge in [-0.3, -0.25) is 0 Å². The van der Waals surface area contributed by atoms with E-state index in [-0.39, 0.29) is 0 Å². The number of hydrogen-bond donors (Lipinski definition) is 0. The van der Waals surface area contributed by atoms with Crippen LogP contribution in [0.15, 0.2) is 16.7 Å². The molecule has 0 aliphatic rings. The molecule has 3 nitrogen and oxygen atoms in total. The highest BCUT2D eigenvalue weighted by Crippen LogP contribution is 2.23. The van der Waals surface area contributed by atoms with Gasteiger partial charge < -0.3 is 9.47 Å². The van der Waals surface area contributed by atoms with Crippen molar-refractivity contribution in [2.24, 2.45) is 0 Å². The van der Waals surface area contributed by atoms with Crippen molar-refractivity contribution in [2.45, 2.75) is 0 Å².